The molecule has 0 unspecified atom stereocenters. The number of hydrogen-bond acceptors (Lipinski definition) is 5. The number of rotatable bonds is 5. The molecule has 0 saturated carbocycles. The summed E-state index contributed by atoms with van der Waals surface area (Å²) in [5.41, 5.74) is 7.52. The zero-order valence-corrected chi connectivity index (χ0v) is 20.7. The first-order valence-corrected chi connectivity index (χ1v) is 12.2. The summed E-state index contributed by atoms with van der Waals surface area (Å²) in [6.07, 6.45) is 2.21. The third-order valence-electron chi connectivity index (χ3n) is 6.90. The van der Waals surface area contributed by atoms with Crippen molar-refractivity contribution >= 4 is 23.2 Å². The Morgan fingerprint density at radius 1 is 1.00 bits per heavy atom. The molecule has 2 aliphatic heterocycles. The molecule has 2 aromatic rings. The Labute approximate surface area is 202 Å². The van der Waals surface area contributed by atoms with Crippen molar-refractivity contribution < 1.29 is 14.3 Å². The number of carbonyl (C=O) groups is 2. The molecule has 2 aliphatic rings. The highest BCUT2D eigenvalue weighted by molar-refractivity contribution is 6.39. The summed E-state index contributed by atoms with van der Waals surface area (Å²) in [6.45, 7) is 10.3. The zero-order chi connectivity index (χ0) is 24.2. The third-order valence-corrected chi connectivity index (χ3v) is 6.90. The number of anilines is 2. The number of ether oxygens (including phenoxy) is 1. The van der Waals surface area contributed by atoms with Gasteiger partial charge in [0.15, 0.2) is 0 Å². The van der Waals surface area contributed by atoms with Crippen molar-refractivity contribution in [3.8, 4) is 0 Å². The first-order valence-electron chi connectivity index (χ1n) is 12.2. The molecule has 2 amide bonds. The summed E-state index contributed by atoms with van der Waals surface area (Å²) in [6, 6.07) is 10.6. The lowest BCUT2D eigenvalue weighted by Gasteiger charge is -2.36. The van der Waals surface area contributed by atoms with E-state index in [1.807, 2.05) is 32.9 Å². The van der Waals surface area contributed by atoms with Crippen LogP contribution in [0.4, 0.5) is 11.4 Å². The molecule has 1 atom stereocenters. The van der Waals surface area contributed by atoms with Crippen LogP contribution in [-0.2, 0) is 20.7 Å². The molecule has 7 nitrogen and oxygen atoms in total. The average Bonchev–Trinajstić information content (AvgIpc) is 2.82. The van der Waals surface area contributed by atoms with Crippen LogP contribution in [0.5, 0.6) is 0 Å². The zero-order valence-electron chi connectivity index (χ0n) is 20.7. The Balaban J connectivity index is 1.48. The van der Waals surface area contributed by atoms with E-state index in [4.69, 9.17) is 4.74 Å². The highest BCUT2D eigenvalue weighted by Gasteiger charge is 2.26. The molecule has 2 N–H and O–H groups in total. The van der Waals surface area contributed by atoms with Crippen LogP contribution in [0, 0.1) is 20.8 Å². The Morgan fingerprint density at radius 2 is 1.71 bits per heavy atom. The van der Waals surface area contributed by atoms with Gasteiger partial charge in [0, 0.05) is 44.6 Å². The van der Waals surface area contributed by atoms with E-state index in [0.717, 1.165) is 49.2 Å². The van der Waals surface area contributed by atoms with Gasteiger partial charge in [0.2, 0.25) is 0 Å². The molecular formula is C27H36N4O3. The van der Waals surface area contributed by atoms with E-state index in [0.29, 0.717) is 25.4 Å². The Kier molecular flexibility index (Phi) is 7.54. The normalized spacial score (nSPS) is 17.1. The summed E-state index contributed by atoms with van der Waals surface area (Å²) in [7, 11) is 2.13. The second kappa shape index (κ2) is 10.6. The maximum absolute atomic E-state index is 12.8. The van der Waals surface area contributed by atoms with Crippen LogP contribution in [0.2, 0.25) is 0 Å². The third kappa shape index (κ3) is 5.42. The van der Waals surface area contributed by atoms with Gasteiger partial charge in [-0.2, -0.15) is 0 Å². The van der Waals surface area contributed by atoms with E-state index < -0.39 is 11.8 Å². The van der Waals surface area contributed by atoms with Gasteiger partial charge in [0.05, 0.1) is 19.3 Å². The van der Waals surface area contributed by atoms with Crippen molar-refractivity contribution in [3.63, 3.8) is 0 Å². The van der Waals surface area contributed by atoms with E-state index in [-0.39, 0.29) is 6.04 Å². The molecule has 2 aromatic carbocycles. The van der Waals surface area contributed by atoms with Gasteiger partial charge in [-0.1, -0.05) is 29.8 Å². The second-order valence-corrected chi connectivity index (χ2v) is 9.52. The maximum Gasteiger partial charge on any atom is 0.313 e. The minimum atomic E-state index is -0.636. The van der Waals surface area contributed by atoms with Crippen LogP contribution in [0.3, 0.4) is 0 Å². The molecule has 1 saturated heterocycles. The standard InChI is InChI=1S/C27H36N4O3/c1-18-14-19(2)25(20(3)15-18)29-27(33)26(32)28-17-24(31-10-12-34-13-11-31)22-7-8-23-21(16-22)6-5-9-30(23)4/h7-8,14-16,24H,5-6,9-13,17H2,1-4H3,(H,28,32)(H,29,33)/t24-/m1/s1. The van der Waals surface area contributed by atoms with Crippen molar-refractivity contribution in [1.82, 2.24) is 10.2 Å². The van der Waals surface area contributed by atoms with Crippen molar-refractivity contribution in [2.24, 2.45) is 0 Å². The number of fused-ring (bicyclic) bond motifs is 1. The smallest absolute Gasteiger partial charge is 0.313 e. The predicted octanol–water partition coefficient (Wildman–Crippen LogP) is 3.12. The van der Waals surface area contributed by atoms with Gasteiger partial charge in [0.1, 0.15) is 0 Å². The molecule has 1 fully saturated rings. The highest BCUT2D eigenvalue weighted by Crippen LogP contribution is 2.31. The lowest BCUT2D eigenvalue weighted by molar-refractivity contribution is -0.136. The SMILES string of the molecule is Cc1cc(C)c(NC(=O)C(=O)NC[C@H](c2ccc3c(c2)CCCN3C)N2CCOCC2)c(C)c1. The van der Waals surface area contributed by atoms with Crippen molar-refractivity contribution in [2.45, 2.75) is 39.7 Å². The summed E-state index contributed by atoms with van der Waals surface area (Å²) in [4.78, 5) is 30.1. The van der Waals surface area contributed by atoms with Gasteiger partial charge in [0.25, 0.3) is 0 Å². The highest BCUT2D eigenvalue weighted by atomic mass is 16.5. The molecule has 0 aromatic heterocycles. The Hall–Kier alpha value is -2.90. The van der Waals surface area contributed by atoms with Gasteiger partial charge < -0.3 is 20.3 Å². The molecule has 2 heterocycles. The molecule has 0 aliphatic carbocycles. The van der Waals surface area contributed by atoms with Crippen molar-refractivity contribution in [2.75, 3.05) is 56.7 Å². The topological polar surface area (TPSA) is 73.9 Å². The second-order valence-electron chi connectivity index (χ2n) is 9.52. The number of nitrogens with one attached hydrogen (secondary N) is 2. The van der Waals surface area contributed by atoms with Gasteiger partial charge in [-0.15, -0.1) is 0 Å². The largest absolute Gasteiger partial charge is 0.379 e. The summed E-state index contributed by atoms with van der Waals surface area (Å²) >= 11 is 0. The maximum atomic E-state index is 12.8. The van der Waals surface area contributed by atoms with E-state index in [2.05, 4.69) is 45.7 Å². The van der Waals surface area contributed by atoms with Gasteiger partial charge in [-0.3, -0.25) is 14.5 Å². The minimum Gasteiger partial charge on any atom is -0.379 e. The number of morpholine rings is 1. The number of aryl methyl sites for hydroxylation is 4. The molecule has 182 valence electrons. The molecule has 0 radical (unpaired) electrons. The molecule has 4 rings (SSSR count). The monoisotopic (exact) mass is 464 g/mol. The molecular weight excluding hydrogens is 428 g/mol. The lowest BCUT2D eigenvalue weighted by atomic mass is 9.95. The van der Waals surface area contributed by atoms with Crippen LogP contribution in [0.25, 0.3) is 0 Å². The Morgan fingerprint density at radius 3 is 2.41 bits per heavy atom. The fourth-order valence-electron chi connectivity index (χ4n) is 5.18. The van der Waals surface area contributed by atoms with Crippen LogP contribution in [-0.4, -0.2) is 63.2 Å². The predicted molar refractivity (Wildman–Crippen MR) is 135 cm³/mol. The van der Waals surface area contributed by atoms with Crippen LogP contribution in [0.15, 0.2) is 30.3 Å². The Bertz CT molecular complexity index is 1040. The van der Waals surface area contributed by atoms with Crippen molar-refractivity contribution in [1.29, 1.82) is 0 Å². The first-order chi connectivity index (χ1) is 16.3. The molecule has 0 spiro atoms. The van der Waals surface area contributed by atoms with Crippen LogP contribution in [0.1, 0.15) is 40.3 Å². The lowest BCUT2D eigenvalue weighted by Crippen LogP contribution is -2.45. The minimum absolute atomic E-state index is 0.0129. The fraction of sp³-hybridized carbons (Fsp3) is 0.481. The average molecular weight is 465 g/mol. The van der Waals surface area contributed by atoms with Gasteiger partial charge >= 0.3 is 11.8 Å². The number of carbonyl (C=O) groups excluding carboxylic acids is 2. The number of hydrogen-bond donors (Lipinski definition) is 2. The quantitative estimate of drug-likeness (QED) is 0.665. The fourth-order valence-corrected chi connectivity index (χ4v) is 5.18. The molecule has 34 heavy (non-hydrogen) atoms. The number of nitrogens with zero attached hydrogens (tertiary/aromatic N) is 2. The number of amides is 2. The van der Waals surface area contributed by atoms with E-state index in [9.17, 15) is 9.59 Å². The first kappa shape index (κ1) is 24.2. The molecule has 7 heteroatoms. The van der Waals surface area contributed by atoms with E-state index in [1.54, 1.807) is 0 Å². The van der Waals surface area contributed by atoms with Crippen molar-refractivity contribution in [3.05, 3.63) is 58.1 Å². The van der Waals surface area contributed by atoms with Crippen LogP contribution >= 0.6 is 0 Å². The molecule has 0 bridgehead atoms. The van der Waals surface area contributed by atoms with E-state index >= 15 is 0 Å². The summed E-state index contributed by atoms with van der Waals surface area (Å²) in [5, 5.41) is 5.70. The summed E-state index contributed by atoms with van der Waals surface area (Å²) in [5.74, 6) is -1.25. The van der Waals surface area contributed by atoms with Crippen LogP contribution < -0.4 is 15.5 Å². The van der Waals surface area contributed by atoms with Gasteiger partial charge in [-0.25, -0.2) is 0 Å². The number of benzene rings is 2. The summed E-state index contributed by atoms with van der Waals surface area (Å²) < 4.78 is 5.55. The van der Waals surface area contributed by atoms with E-state index in [1.165, 1.54) is 16.8 Å². The van der Waals surface area contributed by atoms with Gasteiger partial charge in [-0.05, 0) is 61.9 Å².